The van der Waals surface area contributed by atoms with Crippen molar-refractivity contribution in [2.24, 2.45) is 0 Å². The van der Waals surface area contributed by atoms with Gasteiger partial charge in [0.2, 0.25) is 0 Å². The van der Waals surface area contributed by atoms with Gasteiger partial charge in [-0.25, -0.2) is 0 Å². The summed E-state index contributed by atoms with van der Waals surface area (Å²) in [5.41, 5.74) is -0.212. The molecule has 14 heavy (non-hydrogen) atoms. The van der Waals surface area contributed by atoms with E-state index in [1.165, 1.54) is 6.42 Å². The molecule has 0 aromatic carbocycles. The lowest BCUT2D eigenvalue weighted by atomic mass is 9.74. The van der Waals surface area contributed by atoms with Gasteiger partial charge in [0.05, 0.1) is 9.75 Å². The molecule has 1 aromatic heterocycles. The first-order chi connectivity index (χ1) is 6.77. The normalized spacial score (nSPS) is 20.6. The fourth-order valence-electron chi connectivity index (χ4n) is 2.19. The maximum Gasteiger partial charge on any atom is 0.131 e. The van der Waals surface area contributed by atoms with Gasteiger partial charge in [-0.05, 0) is 25.0 Å². The van der Waals surface area contributed by atoms with Gasteiger partial charge in [0, 0.05) is 4.88 Å². The smallest absolute Gasteiger partial charge is 0.131 e. The molecule has 0 spiro atoms. The highest BCUT2D eigenvalue weighted by atomic mass is 35.5. The monoisotopic (exact) mass is 228 g/mol. The molecule has 1 aliphatic carbocycles. The van der Waals surface area contributed by atoms with Gasteiger partial charge in [-0.3, -0.25) is 0 Å². The number of rotatable bonds is 2. The summed E-state index contributed by atoms with van der Waals surface area (Å²) in [6.45, 7) is 0. The number of halogens is 1. The van der Waals surface area contributed by atoms with Crippen LogP contribution in [0.5, 0.6) is 0 Å². The summed E-state index contributed by atoms with van der Waals surface area (Å²) in [5, 5.41) is 0. The molecule has 0 unspecified atom stereocenters. The Morgan fingerprint density at radius 3 is 2.50 bits per heavy atom. The molecule has 0 bridgehead atoms. The second kappa shape index (κ2) is 4.03. The Morgan fingerprint density at radius 2 is 2.00 bits per heavy atom. The molecule has 2 rings (SSSR count). The van der Waals surface area contributed by atoms with Crippen molar-refractivity contribution in [3.05, 3.63) is 21.3 Å². The topological polar surface area (TPSA) is 17.1 Å². The van der Waals surface area contributed by atoms with E-state index >= 15 is 0 Å². The molecule has 1 nitrogen and oxygen atoms in total. The first kappa shape index (κ1) is 10.2. The summed E-state index contributed by atoms with van der Waals surface area (Å²) in [5.74, 6) is 0. The molecule has 0 aliphatic heterocycles. The molecule has 1 heterocycles. The molecule has 0 atom stereocenters. The van der Waals surface area contributed by atoms with Gasteiger partial charge in [-0.1, -0.05) is 30.9 Å². The Bertz CT molecular complexity index is 326. The maximum atomic E-state index is 11.3. The first-order valence-electron chi connectivity index (χ1n) is 4.99. The van der Waals surface area contributed by atoms with E-state index in [4.69, 9.17) is 11.6 Å². The van der Waals surface area contributed by atoms with Crippen LogP contribution >= 0.6 is 22.9 Å². The molecule has 76 valence electrons. The Morgan fingerprint density at radius 1 is 1.29 bits per heavy atom. The van der Waals surface area contributed by atoms with Crippen molar-refractivity contribution in [2.45, 2.75) is 37.5 Å². The summed E-state index contributed by atoms with van der Waals surface area (Å²) >= 11 is 7.45. The van der Waals surface area contributed by atoms with Gasteiger partial charge in [-0.15, -0.1) is 11.3 Å². The minimum atomic E-state index is -0.212. The van der Waals surface area contributed by atoms with Gasteiger partial charge in [-0.2, -0.15) is 0 Å². The quantitative estimate of drug-likeness (QED) is 0.704. The largest absolute Gasteiger partial charge is 0.302 e. The van der Waals surface area contributed by atoms with Crippen molar-refractivity contribution in [3.63, 3.8) is 0 Å². The molecule has 1 aliphatic rings. The third kappa shape index (κ3) is 1.73. The van der Waals surface area contributed by atoms with Crippen LogP contribution in [0.1, 0.15) is 37.0 Å². The van der Waals surface area contributed by atoms with Crippen molar-refractivity contribution in [1.82, 2.24) is 0 Å². The standard InChI is InChI=1S/C11H13ClOS/c12-10-5-4-9(14-10)11(8-13)6-2-1-3-7-11/h4-5,8H,1-3,6-7H2. The van der Waals surface area contributed by atoms with E-state index in [0.717, 1.165) is 41.2 Å². The van der Waals surface area contributed by atoms with Crippen molar-refractivity contribution in [2.75, 3.05) is 0 Å². The van der Waals surface area contributed by atoms with Crippen LogP contribution < -0.4 is 0 Å². The highest BCUT2D eigenvalue weighted by Crippen LogP contribution is 2.41. The molecule has 3 heteroatoms. The van der Waals surface area contributed by atoms with E-state index in [0.29, 0.717) is 0 Å². The van der Waals surface area contributed by atoms with Gasteiger partial charge in [0.1, 0.15) is 6.29 Å². The lowest BCUT2D eigenvalue weighted by Crippen LogP contribution is -2.29. The third-order valence-corrected chi connectivity index (χ3v) is 4.49. The maximum absolute atomic E-state index is 11.3. The number of thiophene rings is 1. The predicted octanol–water partition coefficient (Wildman–Crippen LogP) is 3.80. The van der Waals surface area contributed by atoms with Crippen molar-refractivity contribution in [1.29, 1.82) is 0 Å². The van der Waals surface area contributed by atoms with Crippen LogP contribution in [-0.4, -0.2) is 6.29 Å². The number of carbonyl (C=O) groups excluding carboxylic acids is 1. The first-order valence-corrected chi connectivity index (χ1v) is 6.18. The summed E-state index contributed by atoms with van der Waals surface area (Å²) in [6, 6.07) is 3.90. The number of aldehydes is 1. The lowest BCUT2D eigenvalue weighted by Gasteiger charge is -2.30. The van der Waals surface area contributed by atoms with Crippen LogP contribution in [0.25, 0.3) is 0 Å². The van der Waals surface area contributed by atoms with Crippen molar-refractivity contribution >= 4 is 29.2 Å². The van der Waals surface area contributed by atoms with Gasteiger partial charge in [0.15, 0.2) is 0 Å². The highest BCUT2D eigenvalue weighted by Gasteiger charge is 2.34. The molecule has 0 saturated heterocycles. The molecule has 1 aromatic rings. The predicted molar refractivity (Wildman–Crippen MR) is 60.2 cm³/mol. The second-order valence-corrected chi connectivity index (χ2v) is 5.65. The summed E-state index contributed by atoms with van der Waals surface area (Å²) in [7, 11) is 0. The molecule has 0 N–H and O–H groups in total. The fraction of sp³-hybridized carbons (Fsp3) is 0.545. The van der Waals surface area contributed by atoms with E-state index in [9.17, 15) is 4.79 Å². The molecule has 1 fully saturated rings. The third-order valence-electron chi connectivity index (χ3n) is 3.04. The number of hydrogen-bond donors (Lipinski definition) is 0. The number of carbonyl (C=O) groups is 1. The van der Waals surface area contributed by atoms with Gasteiger partial charge in [0.25, 0.3) is 0 Å². The number of hydrogen-bond acceptors (Lipinski definition) is 2. The lowest BCUT2D eigenvalue weighted by molar-refractivity contribution is -0.113. The van der Waals surface area contributed by atoms with Gasteiger partial charge < -0.3 is 4.79 Å². The molecular weight excluding hydrogens is 216 g/mol. The molecule has 1 saturated carbocycles. The average Bonchev–Trinajstić information content (AvgIpc) is 2.66. The van der Waals surface area contributed by atoms with Crippen molar-refractivity contribution in [3.8, 4) is 0 Å². The molecule has 0 radical (unpaired) electrons. The molecular formula is C11H13ClOS. The minimum absolute atomic E-state index is 0.212. The fourth-order valence-corrected chi connectivity index (χ4v) is 3.44. The summed E-state index contributed by atoms with van der Waals surface area (Å²) in [6.07, 6.45) is 6.70. The average molecular weight is 229 g/mol. The second-order valence-electron chi connectivity index (χ2n) is 3.94. The van der Waals surface area contributed by atoms with E-state index in [2.05, 4.69) is 0 Å². The SMILES string of the molecule is O=CC1(c2ccc(Cl)s2)CCCCC1. The zero-order valence-corrected chi connectivity index (χ0v) is 9.53. The van der Waals surface area contributed by atoms with Crippen LogP contribution in [0.2, 0.25) is 4.34 Å². The Balaban J connectivity index is 2.31. The van der Waals surface area contributed by atoms with Gasteiger partial charge >= 0.3 is 0 Å². The van der Waals surface area contributed by atoms with E-state index in [-0.39, 0.29) is 5.41 Å². The summed E-state index contributed by atoms with van der Waals surface area (Å²) in [4.78, 5) is 12.4. The van der Waals surface area contributed by atoms with E-state index in [1.54, 1.807) is 11.3 Å². The zero-order chi connectivity index (χ0) is 10.0. The van der Waals surface area contributed by atoms with Crippen LogP contribution in [0.15, 0.2) is 12.1 Å². The van der Waals surface area contributed by atoms with E-state index in [1.807, 2.05) is 12.1 Å². The Labute approximate surface area is 93.1 Å². The van der Waals surface area contributed by atoms with Crippen LogP contribution in [-0.2, 0) is 10.2 Å². The van der Waals surface area contributed by atoms with E-state index < -0.39 is 0 Å². The highest BCUT2D eigenvalue weighted by molar-refractivity contribution is 7.16. The minimum Gasteiger partial charge on any atom is -0.302 e. The van der Waals surface area contributed by atoms with Crippen molar-refractivity contribution < 1.29 is 4.79 Å². The Kier molecular flexibility index (Phi) is 2.93. The molecule has 0 amide bonds. The Hall–Kier alpha value is -0.340. The summed E-state index contributed by atoms with van der Waals surface area (Å²) < 4.78 is 0.784. The zero-order valence-electron chi connectivity index (χ0n) is 7.96. The van der Waals surface area contributed by atoms with Crippen LogP contribution in [0.3, 0.4) is 0 Å². The van der Waals surface area contributed by atoms with Crippen LogP contribution in [0, 0.1) is 0 Å². The van der Waals surface area contributed by atoms with Crippen LogP contribution in [0.4, 0.5) is 0 Å².